The van der Waals surface area contributed by atoms with Gasteiger partial charge in [-0.3, -0.25) is 5.10 Å². The Balaban J connectivity index is 2.77. The molecule has 0 radical (unpaired) electrons. The third kappa shape index (κ3) is 1.73. The summed E-state index contributed by atoms with van der Waals surface area (Å²) in [5.41, 5.74) is 0. The van der Waals surface area contributed by atoms with Crippen LogP contribution in [0.3, 0.4) is 0 Å². The van der Waals surface area contributed by atoms with Gasteiger partial charge in [0.1, 0.15) is 5.82 Å². The molecule has 0 aliphatic heterocycles. The van der Waals surface area contributed by atoms with E-state index in [-0.39, 0.29) is 6.04 Å². The number of aromatic amines is 1. The number of H-pyrrole nitrogens is 1. The molecule has 0 spiro atoms. The number of hydrogen-bond donors (Lipinski definition) is 2. The summed E-state index contributed by atoms with van der Waals surface area (Å²) >= 11 is 0. The van der Waals surface area contributed by atoms with E-state index in [0.717, 1.165) is 5.82 Å². The summed E-state index contributed by atoms with van der Waals surface area (Å²) in [5, 5.41) is 9.99. The van der Waals surface area contributed by atoms with Crippen LogP contribution in [0, 0.1) is 0 Å². The monoisotopic (exact) mass is 169 g/mol. The first-order valence-corrected chi connectivity index (χ1v) is 3.92. The highest BCUT2D eigenvalue weighted by Crippen LogP contribution is 2.08. The van der Waals surface area contributed by atoms with Crippen molar-refractivity contribution in [3.05, 3.63) is 5.82 Å². The minimum absolute atomic E-state index is 0.214. The van der Waals surface area contributed by atoms with Crippen molar-refractivity contribution in [3.63, 3.8) is 0 Å². The Kier molecular flexibility index (Phi) is 2.65. The zero-order chi connectivity index (χ0) is 9.14. The number of hydrogen-bond acceptors (Lipinski definition) is 4. The van der Waals surface area contributed by atoms with Crippen LogP contribution in [0.25, 0.3) is 0 Å². The molecule has 12 heavy (non-hydrogen) atoms. The molecule has 0 fully saturated rings. The second-order valence-corrected chi connectivity index (χ2v) is 2.93. The molecule has 1 aromatic heterocycles. The van der Waals surface area contributed by atoms with Crippen molar-refractivity contribution in [2.75, 3.05) is 26.0 Å². The molecule has 0 aliphatic carbocycles. The molecule has 0 saturated carbocycles. The molecule has 68 valence electrons. The lowest BCUT2D eigenvalue weighted by molar-refractivity contribution is 0.613. The standard InChI is InChI=1S/C7H15N5/c1-5(8-2)6-9-7(11-10-6)12(3)4/h5,8H,1-4H3,(H,9,10,11)/t5-/m1/s1. The first kappa shape index (κ1) is 8.99. The highest BCUT2D eigenvalue weighted by molar-refractivity contribution is 5.25. The van der Waals surface area contributed by atoms with Gasteiger partial charge in [0.25, 0.3) is 0 Å². The maximum atomic E-state index is 4.28. The van der Waals surface area contributed by atoms with Crippen LogP contribution in [0.1, 0.15) is 18.8 Å². The van der Waals surface area contributed by atoms with Crippen molar-refractivity contribution < 1.29 is 0 Å². The van der Waals surface area contributed by atoms with E-state index >= 15 is 0 Å². The molecule has 0 aromatic carbocycles. The Bertz CT molecular complexity index is 242. The molecule has 2 N–H and O–H groups in total. The summed E-state index contributed by atoms with van der Waals surface area (Å²) in [4.78, 5) is 6.14. The van der Waals surface area contributed by atoms with E-state index in [2.05, 4.69) is 20.5 Å². The summed E-state index contributed by atoms with van der Waals surface area (Å²) in [6.07, 6.45) is 0. The van der Waals surface area contributed by atoms with Crippen molar-refractivity contribution in [2.24, 2.45) is 0 Å². The van der Waals surface area contributed by atoms with Gasteiger partial charge in [-0.2, -0.15) is 4.98 Å². The van der Waals surface area contributed by atoms with E-state index in [1.54, 1.807) is 0 Å². The normalized spacial score (nSPS) is 13.0. The van der Waals surface area contributed by atoms with E-state index in [1.807, 2.05) is 33.0 Å². The van der Waals surface area contributed by atoms with Crippen molar-refractivity contribution in [2.45, 2.75) is 13.0 Å². The van der Waals surface area contributed by atoms with E-state index in [1.165, 1.54) is 0 Å². The molecule has 5 heteroatoms. The molecule has 1 rings (SSSR count). The molecular weight excluding hydrogens is 154 g/mol. The SMILES string of the molecule is CN[C@H](C)c1nc(N(C)C)n[nH]1. The van der Waals surface area contributed by atoms with Crippen LogP contribution in [0.2, 0.25) is 0 Å². The van der Waals surface area contributed by atoms with Gasteiger partial charge in [0.2, 0.25) is 5.95 Å². The molecule has 1 atom stereocenters. The lowest BCUT2D eigenvalue weighted by atomic mass is 10.3. The van der Waals surface area contributed by atoms with Crippen LogP contribution in [0.15, 0.2) is 0 Å². The predicted molar refractivity (Wildman–Crippen MR) is 48.2 cm³/mol. The largest absolute Gasteiger partial charge is 0.346 e. The third-order valence-corrected chi connectivity index (χ3v) is 1.73. The number of nitrogens with one attached hydrogen (secondary N) is 2. The average molecular weight is 169 g/mol. The molecule has 0 unspecified atom stereocenters. The Morgan fingerprint density at radius 2 is 2.17 bits per heavy atom. The van der Waals surface area contributed by atoms with Gasteiger partial charge in [-0.15, -0.1) is 5.10 Å². The van der Waals surface area contributed by atoms with Crippen LogP contribution >= 0.6 is 0 Å². The zero-order valence-electron chi connectivity index (χ0n) is 7.92. The fourth-order valence-corrected chi connectivity index (χ4v) is 0.795. The second kappa shape index (κ2) is 3.53. The number of anilines is 1. The number of aromatic nitrogens is 3. The van der Waals surface area contributed by atoms with Gasteiger partial charge < -0.3 is 10.2 Å². The van der Waals surface area contributed by atoms with Crippen molar-refractivity contribution in [1.82, 2.24) is 20.5 Å². The number of rotatable bonds is 3. The van der Waals surface area contributed by atoms with E-state index in [9.17, 15) is 0 Å². The quantitative estimate of drug-likeness (QED) is 0.676. The van der Waals surface area contributed by atoms with E-state index < -0.39 is 0 Å². The minimum Gasteiger partial charge on any atom is -0.346 e. The first-order valence-electron chi connectivity index (χ1n) is 3.92. The second-order valence-electron chi connectivity index (χ2n) is 2.93. The first-order chi connectivity index (χ1) is 5.65. The van der Waals surface area contributed by atoms with Gasteiger partial charge >= 0.3 is 0 Å². The average Bonchev–Trinajstić information content (AvgIpc) is 2.51. The molecule has 1 aromatic rings. The predicted octanol–water partition coefficient (Wildman–Crippen LogP) is 0.151. The van der Waals surface area contributed by atoms with Crippen molar-refractivity contribution >= 4 is 5.95 Å². The molecular formula is C7H15N5. The van der Waals surface area contributed by atoms with Gasteiger partial charge in [-0.25, -0.2) is 0 Å². The summed E-state index contributed by atoms with van der Waals surface area (Å²) in [5.74, 6) is 1.58. The fourth-order valence-electron chi connectivity index (χ4n) is 0.795. The van der Waals surface area contributed by atoms with Gasteiger partial charge in [0.05, 0.1) is 6.04 Å². The van der Waals surface area contributed by atoms with Gasteiger partial charge in [-0.05, 0) is 14.0 Å². The third-order valence-electron chi connectivity index (χ3n) is 1.73. The topological polar surface area (TPSA) is 56.8 Å². The molecule has 1 heterocycles. The summed E-state index contributed by atoms with van der Waals surface area (Å²) in [7, 11) is 5.72. The van der Waals surface area contributed by atoms with Crippen LogP contribution < -0.4 is 10.2 Å². The fraction of sp³-hybridized carbons (Fsp3) is 0.714. The summed E-state index contributed by atoms with van der Waals surface area (Å²) in [6, 6.07) is 0.214. The Morgan fingerprint density at radius 3 is 2.58 bits per heavy atom. The van der Waals surface area contributed by atoms with Crippen LogP contribution in [0.5, 0.6) is 0 Å². The molecule has 0 aliphatic rings. The van der Waals surface area contributed by atoms with E-state index in [0.29, 0.717) is 5.95 Å². The summed E-state index contributed by atoms with van der Waals surface area (Å²) in [6.45, 7) is 2.03. The van der Waals surface area contributed by atoms with Crippen LogP contribution in [-0.4, -0.2) is 36.3 Å². The Morgan fingerprint density at radius 1 is 1.50 bits per heavy atom. The van der Waals surface area contributed by atoms with Gasteiger partial charge in [0.15, 0.2) is 0 Å². The molecule has 5 nitrogen and oxygen atoms in total. The van der Waals surface area contributed by atoms with Crippen LogP contribution in [0.4, 0.5) is 5.95 Å². The minimum atomic E-state index is 0.214. The van der Waals surface area contributed by atoms with E-state index in [4.69, 9.17) is 0 Å². The molecule has 0 bridgehead atoms. The van der Waals surface area contributed by atoms with Gasteiger partial charge in [-0.1, -0.05) is 0 Å². The van der Waals surface area contributed by atoms with Gasteiger partial charge in [0, 0.05) is 14.1 Å². The molecule has 0 saturated heterocycles. The van der Waals surface area contributed by atoms with Crippen molar-refractivity contribution in [3.8, 4) is 0 Å². The lowest BCUT2D eigenvalue weighted by Gasteiger charge is -2.05. The van der Waals surface area contributed by atoms with Crippen LogP contribution in [-0.2, 0) is 0 Å². The highest BCUT2D eigenvalue weighted by atomic mass is 15.3. The molecule has 0 amide bonds. The van der Waals surface area contributed by atoms with Crippen molar-refractivity contribution in [1.29, 1.82) is 0 Å². The maximum Gasteiger partial charge on any atom is 0.244 e. The zero-order valence-corrected chi connectivity index (χ0v) is 7.92. The Labute approximate surface area is 72.2 Å². The maximum absolute atomic E-state index is 4.28. The Hall–Kier alpha value is -1.10. The highest BCUT2D eigenvalue weighted by Gasteiger charge is 2.09. The lowest BCUT2D eigenvalue weighted by Crippen LogP contribution is -2.14. The summed E-state index contributed by atoms with van der Waals surface area (Å²) < 4.78 is 0. The smallest absolute Gasteiger partial charge is 0.244 e. The number of nitrogens with zero attached hydrogens (tertiary/aromatic N) is 3.